The van der Waals surface area contributed by atoms with E-state index in [-0.39, 0.29) is 12.5 Å². The van der Waals surface area contributed by atoms with Gasteiger partial charge in [0, 0.05) is 4.47 Å². The van der Waals surface area contributed by atoms with Gasteiger partial charge in [0.1, 0.15) is 5.75 Å². The standard InChI is InChI=1S/C12H15BrN2O2/c1-3-4-9-6-10(13)5-8(2)12(9)17-7-11(16)15-14/h3,5-6H,1,4,7,14H2,2H3,(H,15,16). The van der Waals surface area contributed by atoms with Crippen molar-refractivity contribution in [3.63, 3.8) is 0 Å². The van der Waals surface area contributed by atoms with Gasteiger partial charge in [0.2, 0.25) is 0 Å². The average molecular weight is 299 g/mol. The number of ether oxygens (including phenoxy) is 1. The van der Waals surface area contributed by atoms with Gasteiger partial charge in [0.05, 0.1) is 0 Å². The number of allylic oxidation sites excluding steroid dienone is 1. The molecule has 0 aliphatic heterocycles. The summed E-state index contributed by atoms with van der Waals surface area (Å²) in [4.78, 5) is 11.0. The summed E-state index contributed by atoms with van der Waals surface area (Å²) in [5.41, 5.74) is 3.97. The summed E-state index contributed by atoms with van der Waals surface area (Å²) in [5.74, 6) is 5.33. The van der Waals surface area contributed by atoms with Gasteiger partial charge in [-0.1, -0.05) is 22.0 Å². The first kappa shape index (κ1) is 13.7. The van der Waals surface area contributed by atoms with Gasteiger partial charge in [0.15, 0.2) is 6.61 Å². The molecule has 0 heterocycles. The van der Waals surface area contributed by atoms with E-state index in [1.54, 1.807) is 6.08 Å². The second-order valence-electron chi connectivity index (χ2n) is 3.56. The van der Waals surface area contributed by atoms with Crippen molar-refractivity contribution in [2.24, 2.45) is 5.84 Å². The Balaban J connectivity index is 2.95. The van der Waals surface area contributed by atoms with Gasteiger partial charge in [0.25, 0.3) is 5.91 Å². The molecule has 0 aliphatic carbocycles. The van der Waals surface area contributed by atoms with Gasteiger partial charge in [-0.25, -0.2) is 5.84 Å². The van der Waals surface area contributed by atoms with Gasteiger partial charge in [-0.3, -0.25) is 10.2 Å². The molecule has 0 saturated carbocycles. The van der Waals surface area contributed by atoms with Crippen molar-refractivity contribution in [1.29, 1.82) is 0 Å². The smallest absolute Gasteiger partial charge is 0.271 e. The van der Waals surface area contributed by atoms with E-state index in [4.69, 9.17) is 10.6 Å². The maximum Gasteiger partial charge on any atom is 0.271 e. The molecular weight excluding hydrogens is 284 g/mol. The molecule has 0 bridgehead atoms. The van der Waals surface area contributed by atoms with Crippen molar-refractivity contribution in [3.05, 3.63) is 40.4 Å². The van der Waals surface area contributed by atoms with Crippen molar-refractivity contribution in [3.8, 4) is 5.75 Å². The highest BCUT2D eigenvalue weighted by Gasteiger charge is 2.09. The number of hydrogen-bond acceptors (Lipinski definition) is 3. The molecule has 1 aromatic rings. The summed E-state index contributed by atoms with van der Waals surface area (Å²) < 4.78 is 6.44. The van der Waals surface area contributed by atoms with E-state index >= 15 is 0 Å². The number of amides is 1. The number of hydrogen-bond donors (Lipinski definition) is 2. The number of carbonyl (C=O) groups excluding carboxylic acids is 1. The highest BCUT2D eigenvalue weighted by atomic mass is 79.9. The molecule has 92 valence electrons. The van der Waals surface area contributed by atoms with Gasteiger partial charge >= 0.3 is 0 Å². The summed E-state index contributed by atoms with van der Waals surface area (Å²) in [6.07, 6.45) is 2.47. The first-order chi connectivity index (χ1) is 8.08. The Labute approximate surface area is 109 Å². The Morgan fingerprint density at radius 3 is 2.94 bits per heavy atom. The first-order valence-corrected chi connectivity index (χ1v) is 5.90. The molecule has 0 spiro atoms. The van der Waals surface area contributed by atoms with Crippen LogP contribution < -0.4 is 16.0 Å². The number of benzene rings is 1. The highest BCUT2D eigenvalue weighted by molar-refractivity contribution is 9.10. The Morgan fingerprint density at radius 2 is 2.35 bits per heavy atom. The van der Waals surface area contributed by atoms with E-state index in [0.29, 0.717) is 12.2 Å². The molecule has 4 nitrogen and oxygen atoms in total. The van der Waals surface area contributed by atoms with E-state index in [2.05, 4.69) is 22.5 Å². The predicted octanol–water partition coefficient (Wildman–Crippen LogP) is 1.85. The summed E-state index contributed by atoms with van der Waals surface area (Å²) in [6.45, 7) is 5.53. The van der Waals surface area contributed by atoms with Crippen molar-refractivity contribution in [2.45, 2.75) is 13.3 Å². The quantitative estimate of drug-likeness (QED) is 0.377. The lowest BCUT2D eigenvalue weighted by Crippen LogP contribution is -2.34. The second kappa shape index (κ2) is 6.42. The fourth-order valence-electron chi connectivity index (χ4n) is 1.49. The number of carbonyl (C=O) groups is 1. The molecule has 0 unspecified atom stereocenters. The number of nitrogens with one attached hydrogen (secondary N) is 1. The lowest BCUT2D eigenvalue weighted by Gasteiger charge is -2.13. The van der Waals surface area contributed by atoms with Gasteiger partial charge in [-0.2, -0.15) is 0 Å². The van der Waals surface area contributed by atoms with Crippen molar-refractivity contribution in [2.75, 3.05) is 6.61 Å². The molecule has 1 rings (SSSR count). The fraction of sp³-hybridized carbons (Fsp3) is 0.250. The van der Waals surface area contributed by atoms with Crippen LogP contribution in [0.2, 0.25) is 0 Å². The average Bonchev–Trinajstić information content (AvgIpc) is 2.27. The molecule has 0 aliphatic rings. The number of rotatable bonds is 5. The summed E-state index contributed by atoms with van der Waals surface area (Å²) >= 11 is 3.42. The molecule has 0 fully saturated rings. The highest BCUT2D eigenvalue weighted by Crippen LogP contribution is 2.28. The number of halogens is 1. The minimum absolute atomic E-state index is 0.0941. The zero-order valence-electron chi connectivity index (χ0n) is 9.63. The van der Waals surface area contributed by atoms with Gasteiger partial charge in [-0.15, -0.1) is 6.58 Å². The topological polar surface area (TPSA) is 64.3 Å². The number of nitrogens with two attached hydrogens (primary N) is 1. The Bertz CT molecular complexity index is 433. The molecule has 0 radical (unpaired) electrons. The molecule has 5 heteroatoms. The van der Waals surface area contributed by atoms with Crippen LogP contribution in [0.4, 0.5) is 0 Å². The first-order valence-electron chi connectivity index (χ1n) is 5.10. The lowest BCUT2D eigenvalue weighted by atomic mass is 10.1. The molecule has 3 N–H and O–H groups in total. The normalized spacial score (nSPS) is 9.82. The van der Waals surface area contributed by atoms with Crippen LogP contribution in [0.3, 0.4) is 0 Å². The van der Waals surface area contributed by atoms with Crippen LogP contribution in [0.15, 0.2) is 29.3 Å². The van der Waals surface area contributed by atoms with E-state index < -0.39 is 0 Å². The lowest BCUT2D eigenvalue weighted by molar-refractivity contribution is -0.123. The van der Waals surface area contributed by atoms with Crippen LogP contribution in [-0.4, -0.2) is 12.5 Å². The maximum atomic E-state index is 11.0. The third kappa shape index (κ3) is 3.87. The number of aryl methyl sites for hydroxylation is 1. The van der Waals surface area contributed by atoms with Crippen molar-refractivity contribution in [1.82, 2.24) is 5.43 Å². The third-order valence-electron chi connectivity index (χ3n) is 2.19. The third-order valence-corrected chi connectivity index (χ3v) is 2.65. The van der Waals surface area contributed by atoms with Crippen molar-refractivity contribution < 1.29 is 9.53 Å². The van der Waals surface area contributed by atoms with Crippen LogP contribution >= 0.6 is 15.9 Å². The van der Waals surface area contributed by atoms with E-state index in [9.17, 15) is 4.79 Å². The SMILES string of the molecule is C=CCc1cc(Br)cc(C)c1OCC(=O)NN. The largest absolute Gasteiger partial charge is 0.483 e. The molecule has 1 amide bonds. The minimum Gasteiger partial charge on any atom is -0.483 e. The molecule has 0 atom stereocenters. The summed E-state index contributed by atoms with van der Waals surface area (Å²) in [5, 5.41) is 0. The Hall–Kier alpha value is -1.33. The maximum absolute atomic E-state index is 11.0. The molecule has 1 aromatic carbocycles. The fourth-order valence-corrected chi connectivity index (χ4v) is 2.11. The Morgan fingerprint density at radius 1 is 1.65 bits per heavy atom. The van der Waals surface area contributed by atoms with Crippen LogP contribution in [0.25, 0.3) is 0 Å². The zero-order valence-corrected chi connectivity index (χ0v) is 11.2. The second-order valence-corrected chi connectivity index (χ2v) is 4.48. The zero-order chi connectivity index (χ0) is 12.8. The summed E-state index contributed by atoms with van der Waals surface area (Å²) in [6, 6.07) is 3.88. The predicted molar refractivity (Wildman–Crippen MR) is 70.6 cm³/mol. The Kier molecular flexibility index (Phi) is 5.18. The molecular formula is C12H15BrN2O2. The molecule has 0 aromatic heterocycles. The van der Waals surface area contributed by atoms with E-state index in [1.165, 1.54) is 0 Å². The van der Waals surface area contributed by atoms with E-state index in [1.807, 2.05) is 24.5 Å². The minimum atomic E-state index is -0.364. The van der Waals surface area contributed by atoms with Crippen LogP contribution in [-0.2, 0) is 11.2 Å². The van der Waals surface area contributed by atoms with Gasteiger partial charge < -0.3 is 4.74 Å². The van der Waals surface area contributed by atoms with Crippen molar-refractivity contribution >= 4 is 21.8 Å². The number of hydrazine groups is 1. The van der Waals surface area contributed by atoms with Crippen LogP contribution in [0.5, 0.6) is 5.75 Å². The van der Waals surface area contributed by atoms with Crippen LogP contribution in [0.1, 0.15) is 11.1 Å². The monoisotopic (exact) mass is 298 g/mol. The summed E-state index contributed by atoms with van der Waals surface area (Å²) in [7, 11) is 0. The molecule has 17 heavy (non-hydrogen) atoms. The molecule has 0 saturated heterocycles. The van der Waals surface area contributed by atoms with E-state index in [0.717, 1.165) is 15.6 Å². The van der Waals surface area contributed by atoms with Crippen LogP contribution in [0, 0.1) is 6.92 Å². The van der Waals surface area contributed by atoms with Gasteiger partial charge in [-0.05, 0) is 36.6 Å².